The molecule has 1 aliphatic rings. The molecule has 1 atom stereocenters. The number of hydrogen-bond acceptors (Lipinski definition) is 6. The van der Waals surface area contributed by atoms with Crippen LogP contribution in [0.1, 0.15) is 23.9 Å². The molecule has 10 heteroatoms. The molecule has 2 heterocycles. The number of nitrogens with one attached hydrogen (secondary N) is 2. The van der Waals surface area contributed by atoms with E-state index < -0.39 is 29.9 Å². The van der Waals surface area contributed by atoms with Crippen LogP contribution in [0.2, 0.25) is 0 Å². The van der Waals surface area contributed by atoms with Crippen molar-refractivity contribution >= 4 is 23.5 Å². The highest BCUT2D eigenvalue weighted by molar-refractivity contribution is 6.10. The monoisotopic (exact) mass is 419 g/mol. The Morgan fingerprint density at radius 2 is 1.87 bits per heavy atom. The van der Waals surface area contributed by atoms with Gasteiger partial charge in [-0.3, -0.25) is 14.5 Å². The third-order valence-corrected chi connectivity index (χ3v) is 5.21. The Balaban J connectivity index is 1.48. The topological polar surface area (TPSA) is 122 Å². The number of nitrogens with zero attached hydrogens (tertiary/aromatic N) is 5. The van der Waals surface area contributed by atoms with E-state index in [9.17, 15) is 14.4 Å². The summed E-state index contributed by atoms with van der Waals surface area (Å²) < 4.78 is 1.53. The Morgan fingerprint density at radius 1 is 1.13 bits per heavy atom. The van der Waals surface area contributed by atoms with Gasteiger partial charge in [0, 0.05) is 5.69 Å². The number of anilines is 1. The minimum Gasteiger partial charge on any atom is -0.324 e. The third-order valence-electron chi connectivity index (χ3n) is 5.21. The van der Waals surface area contributed by atoms with Crippen LogP contribution in [0, 0.1) is 13.8 Å². The van der Waals surface area contributed by atoms with E-state index in [1.807, 2.05) is 19.1 Å². The number of imide groups is 1. The van der Waals surface area contributed by atoms with Crippen molar-refractivity contribution < 1.29 is 14.4 Å². The predicted octanol–water partition coefficient (Wildman–Crippen LogP) is 1.68. The quantitative estimate of drug-likeness (QED) is 0.607. The van der Waals surface area contributed by atoms with E-state index in [2.05, 4.69) is 26.2 Å². The summed E-state index contributed by atoms with van der Waals surface area (Å²) in [7, 11) is 0. The molecule has 4 amide bonds. The molecule has 1 aromatic heterocycles. The molecule has 158 valence electrons. The van der Waals surface area contributed by atoms with Crippen molar-refractivity contribution in [3.63, 3.8) is 0 Å². The van der Waals surface area contributed by atoms with Crippen molar-refractivity contribution in [2.45, 2.75) is 26.3 Å². The van der Waals surface area contributed by atoms with Gasteiger partial charge in [-0.1, -0.05) is 35.9 Å². The zero-order valence-corrected chi connectivity index (χ0v) is 17.3. The zero-order chi connectivity index (χ0) is 22.2. The van der Waals surface area contributed by atoms with Crippen molar-refractivity contribution in [2.75, 3.05) is 11.9 Å². The summed E-state index contributed by atoms with van der Waals surface area (Å²) in [5, 5.41) is 16.8. The molecule has 1 fully saturated rings. The van der Waals surface area contributed by atoms with E-state index in [4.69, 9.17) is 0 Å². The smallest absolute Gasteiger partial charge is 0.324 e. The first-order chi connectivity index (χ1) is 14.8. The highest BCUT2D eigenvalue weighted by atomic mass is 16.2. The molecule has 10 nitrogen and oxygen atoms in total. The molecule has 0 saturated carbocycles. The van der Waals surface area contributed by atoms with Crippen molar-refractivity contribution in [3.8, 4) is 5.69 Å². The minimum atomic E-state index is -1.22. The van der Waals surface area contributed by atoms with E-state index in [0.717, 1.165) is 10.5 Å². The summed E-state index contributed by atoms with van der Waals surface area (Å²) in [5.41, 5.74) is 1.64. The van der Waals surface area contributed by atoms with E-state index in [1.165, 1.54) is 4.68 Å². The lowest BCUT2D eigenvalue weighted by molar-refractivity contribution is -0.133. The van der Waals surface area contributed by atoms with Gasteiger partial charge in [0.2, 0.25) is 5.91 Å². The predicted molar refractivity (Wildman–Crippen MR) is 111 cm³/mol. The van der Waals surface area contributed by atoms with Gasteiger partial charge < -0.3 is 10.6 Å². The fourth-order valence-corrected chi connectivity index (χ4v) is 3.45. The van der Waals surface area contributed by atoms with Crippen LogP contribution in [-0.2, 0) is 15.1 Å². The maximum atomic E-state index is 13.0. The van der Waals surface area contributed by atoms with Gasteiger partial charge in [-0.05, 0) is 55.0 Å². The number of rotatable bonds is 5. The lowest BCUT2D eigenvalue weighted by Gasteiger charge is -2.22. The molecule has 2 N–H and O–H groups in total. The molecule has 0 bridgehead atoms. The van der Waals surface area contributed by atoms with Crippen LogP contribution < -0.4 is 10.6 Å². The Morgan fingerprint density at radius 3 is 2.55 bits per heavy atom. The molecule has 1 saturated heterocycles. The van der Waals surface area contributed by atoms with Crippen LogP contribution >= 0.6 is 0 Å². The molecule has 1 aliphatic heterocycles. The summed E-state index contributed by atoms with van der Waals surface area (Å²) >= 11 is 0. The first-order valence-electron chi connectivity index (χ1n) is 9.64. The third kappa shape index (κ3) is 3.75. The molecule has 2 aromatic carbocycles. The van der Waals surface area contributed by atoms with Crippen LogP contribution in [-0.4, -0.2) is 49.5 Å². The molecule has 0 radical (unpaired) electrons. The van der Waals surface area contributed by atoms with Gasteiger partial charge in [0.05, 0.1) is 5.69 Å². The van der Waals surface area contributed by atoms with E-state index >= 15 is 0 Å². The van der Waals surface area contributed by atoms with Crippen molar-refractivity contribution in [2.24, 2.45) is 0 Å². The summed E-state index contributed by atoms with van der Waals surface area (Å²) in [5.74, 6) is -0.380. The number of tetrazole rings is 1. The number of urea groups is 1. The first kappa shape index (κ1) is 20.2. The van der Waals surface area contributed by atoms with E-state index in [-0.39, 0.29) is 0 Å². The average Bonchev–Trinajstić information content (AvgIpc) is 3.25. The number of amides is 4. The molecular formula is C21H21N7O3. The molecule has 3 aromatic rings. The second-order valence-corrected chi connectivity index (χ2v) is 7.55. The minimum absolute atomic E-state index is 0.403. The number of carbonyl (C=O) groups excluding carboxylic acids is 3. The number of hydrogen-bond donors (Lipinski definition) is 2. The second kappa shape index (κ2) is 7.63. The summed E-state index contributed by atoms with van der Waals surface area (Å²) in [6.07, 6.45) is 0. The molecule has 0 spiro atoms. The molecule has 4 rings (SSSR count). The number of aromatic nitrogens is 4. The van der Waals surface area contributed by atoms with Crippen LogP contribution in [0.15, 0.2) is 48.5 Å². The first-order valence-corrected chi connectivity index (χ1v) is 9.64. The highest BCUT2D eigenvalue weighted by Crippen LogP contribution is 2.29. The van der Waals surface area contributed by atoms with Gasteiger partial charge >= 0.3 is 6.03 Å². The molecule has 1 unspecified atom stereocenters. The van der Waals surface area contributed by atoms with E-state index in [0.29, 0.717) is 22.8 Å². The van der Waals surface area contributed by atoms with Gasteiger partial charge in [0.1, 0.15) is 12.1 Å². The standard InChI is InChI=1S/C21H21N7O3/c1-13-7-9-15(10-8-13)21(3)19(30)27(20(31)23-21)12-18(29)22-16-5-4-6-17(11-16)28-14(2)24-25-26-28/h4-11H,12H2,1-3H3,(H,22,29)(H,23,31). The summed E-state index contributed by atoms with van der Waals surface area (Å²) in [6.45, 7) is 4.93. The lowest BCUT2D eigenvalue weighted by atomic mass is 9.91. The van der Waals surface area contributed by atoms with Crippen molar-refractivity contribution in [3.05, 3.63) is 65.5 Å². The number of aryl methyl sites for hydroxylation is 2. The van der Waals surface area contributed by atoms with Crippen molar-refractivity contribution in [1.29, 1.82) is 0 Å². The Bertz CT molecular complexity index is 1170. The maximum absolute atomic E-state index is 13.0. The zero-order valence-electron chi connectivity index (χ0n) is 17.3. The van der Waals surface area contributed by atoms with E-state index in [1.54, 1.807) is 50.2 Å². The summed E-state index contributed by atoms with van der Waals surface area (Å²) in [4.78, 5) is 39.0. The Hall–Kier alpha value is -4.08. The normalized spacial score (nSPS) is 18.2. The molecule has 31 heavy (non-hydrogen) atoms. The SMILES string of the molecule is Cc1ccc(C2(C)NC(=O)N(CC(=O)Nc3cccc(-n4nnnc4C)c3)C2=O)cc1. The highest BCUT2D eigenvalue weighted by Gasteiger charge is 2.49. The summed E-state index contributed by atoms with van der Waals surface area (Å²) in [6, 6.07) is 13.7. The Labute approximate surface area is 178 Å². The van der Waals surface area contributed by atoms with Crippen LogP contribution in [0.4, 0.5) is 10.5 Å². The second-order valence-electron chi connectivity index (χ2n) is 7.55. The lowest BCUT2D eigenvalue weighted by Crippen LogP contribution is -2.42. The van der Waals surface area contributed by atoms with Crippen LogP contribution in [0.3, 0.4) is 0 Å². The van der Waals surface area contributed by atoms with Crippen molar-refractivity contribution in [1.82, 2.24) is 30.4 Å². The van der Waals surface area contributed by atoms with Gasteiger partial charge in [-0.15, -0.1) is 5.10 Å². The van der Waals surface area contributed by atoms with Crippen LogP contribution in [0.5, 0.6) is 0 Å². The van der Waals surface area contributed by atoms with Gasteiger partial charge in [-0.25, -0.2) is 4.79 Å². The number of carbonyl (C=O) groups is 3. The fourth-order valence-electron chi connectivity index (χ4n) is 3.45. The van der Waals surface area contributed by atoms with Gasteiger partial charge in [0.15, 0.2) is 5.82 Å². The van der Waals surface area contributed by atoms with Crippen LogP contribution in [0.25, 0.3) is 5.69 Å². The van der Waals surface area contributed by atoms with Gasteiger partial charge in [0.25, 0.3) is 5.91 Å². The number of benzene rings is 2. The Kier molecular flexibility index (Phi) is 4.97. The fraction of sp³-hybridized carbons (Fsp3) is 0.238. The largest absolute Gasteiger partial charge is 0.325 e. The van der Waals surface area contributed by atoms with Gasteiger partial charge in [-0.2, -0.15) is 4.68 Å². The molecule has 0 aliphatic carbocycles. The maximum Gasteiger partial charge on any atom is 0.325 e. The average molecular weight is 419 g/mol. The molecular weight excluding hydrogens is 398 g/mol.